The van der Waals surface area contributed by atoms with Crippen molar-refractivity contribution in [2.75, 3.05) is 38.0 Å². The number of likely N-dealkylation sites (N-methyl/N-ethyl adjacent to an activating group) is 1. The van der Waals surface area contributed by atoms with Crippen molar-refractivity contribution in [1.82, 2.24) is 0 Å². The number of benzene rings is 1. The topological polar surface area (TPSA) is 64.8 Å². The summed E-state index contributed by atoms with van der Waals surface area (Å²) >= 11 is 0. The Bertz CT molecular complexity index is 435. The Morgan fingerprint density at radius 3 is 2.63 bits per heavy atom. The van der Waals surface area contributed by atoms with Crippen molar-refractivity contribution in [3.63, 3.8) is 0 Å². The molecule has 0 bridgehead atoms. The molecule has 5 nitrogen and oxygen atoms in total. The normalized spacial score (nSPS) is 12.0. The molecule has 106 valence electrons. The fraction of sp³-hybridized carbons (Fsp3) is 0.500. The Hall–Kier alpha value is -1.75. The lowest BCUT2D eigenvalue weighted by Crippen LogP contribution is -2.36. The fourth-order valence-corrected chi connectivity index (χ4v) is 2.09. The zero-order valence-electron chi connectivity index (χ0n) is 12.0. The third-order valence-electron chi connectivity index (χ3n) is 3.05. The molecule has 1 atom stereocenters. The van der Waals surface area contributed by atoms with Gasteiger partial charge in [0, 0.05) is 31.1 Å². The molecule has 0 aromatic heterocycles. The first kappa shape index (κ1) is 15.3. The predicted octanol–water partition coefficient (Wildman–Crippen LogP) is 1.92. The van der Waals surface area contributed by atoms with E-state index in [1.165, 1.54) is 7.11 Å². The molecule has 0 aliphatic rings. The van der Waals surface area contributed by atoms with Gasteiger partial charge in [-0.3, -0.25) is 0 Å². The van der Waals surface area contributed by atoms with Gasteiger partial charge in [0.15, 0.2) is 0 Å². The van der Waals surface area contributed by atoms with E-state index in [0.29, 0.717) is 17.9 Å². The van der Waals surface area contributed by atoms with Gasteiger partial charge in [0.25, 0.3) is 0 Å². The summed E-state index contributed by atoms with van der Waals surface area (Å²) in [6.45, 7) is 5.56. The van der Waals surface area contributed by atoms with Gasteiger partial charge < -0.3 is 20.1 Å². The Morgan fingerprint density at radius 1 is 1.42 bits per heavy atom. The Kier molecular flexibility index (Phi) is 5.63. The lowest BCUT2D eigenvalue weighted by molar-refractivity contribution is 0.0602. The number of carbonyl (C=O) groups is 1. The van der Waals surface area contributed by atoms with Crippen LogP contribution in [-0.2, 0) is 9.47 Å². The van der Waals surface area contributed by atoms with Gasteiger partial charge in [-0.25, -0.2) is 4.79 Å². The Labute approximate surface area is 114 Å². The molecular weight excluding hydrogens is 244 g/mol. The van der Waals surface area contributed by atoms with Crippen LogP contribution in [0.25, 0.3) is 0 Å². The highest BCUT2D eigenvalue weighted by atomic mass is 16.5. The lowest BCUT2D eigenvalue weighted by Gasteiger charge is -2.30. The van der Waals surface area contributed by atoms with Crippen molar-refractivity contribution in [2.24, 2.45) is 0 Å². The van der Waals surface area contributed by atoms with E-state index >= 15 is 0 Å². The van der Waals surface area contributed by atoms with Gasteiger partial charge in [-0.2, -0.15) is 0 Å². The zero-order chi connectivity index (χ0) is 14.4. The largest absolute Gasteiger partial charge is 0.465 e. The van der Waals surface area contributed by atoms with Gasteiger partial charge in [-0.1, -0.05) is 0 Å². The first-order valence-corrected chi connectivity index (χ1v) is 6.28. The molecule has 0 aliphatic heterocycles. The first-order chi connectivity index (χ1) is 9.04. The van der Waals surface area contributed by atoms with E-state index < -0.39 is 5.97 Å². The molecule has 5 heteroatoms. The molecule has 1 aromatic rings. The third-order valence-corrected chi connectivity index (χ3v) is 3.05. The van der Waals surface area contributed by atoms with Crippen molar-refractivity contribution in [2.45, 2.75) is 19.9 Å². The molecule has 1 rings (SSSR count). The lowest BCUT2D eigenvalue weighted by atomic mass is 10.1. The molecule has 0 saturated heterocycles. The highest BCUT2D eigenvalue weighted by Gasteiger charge is 2.16. The van der Waals surface area contributed by atoms with Crippen LogP contribution in [0.4, 0.5) is 11.4 Å². The number of nitrogens with zero attached hydrogens (tertiary/aromatic N) is 1. The van der Waals surface area contributed by atoms with Gasteiger partial charge in [0.05, 0.1) is 19.3 Å². The molecule has 0 saturated carbocycles. The number of carbonyl (C=O) groups excluding carboxylic acids is 1. The summed E-state index contributed by atoms with van der Waals surface area (Å²) in [4.78, 5) is 13.8. The molecule has 0 aliphatic carbocycles. The number of methoxy groups -OCH3 is 2. The maximum Gasteiger partial charge on any atom is 0.340 e. The van der Waals surface area contributed by atoms with E-state index in [1.54, 1.807) is 19.2 Å². The maximum atomic E-state index is 11.6. The molecule has 2 N–H and O–H groups in total. The van der Waals surface area contributed by atoms with Crippen LogP contribution in [0.5, 0.6) is 0 Å². The van der Waals surface area contributed by atoms with Crippen molar-refractivity contribution in [1.29, 1.82) is 0 Å². The highest BCUT2D eigenvalue weighted by Crippen LogP contribution is 2.23. The minimum absolute atomic E-state index is 0.212. The van der Waals surface area contributed by atoms with Crippen LogP contribution in [0, 0.1) is 0 Å². The summed E-state index contributed by atoms with van der Waals surface area (Å²) in [5, 5.41) is 0. The van der Waals surface area contributed by atoms with Crippen LogP contribution in [0.2, 0.25) is 0 Å². The van der Waals surface area contributed by atoms with Crippen LogP contribution >= 0.6 is 0 Å². The zero-order valence-corrected chi connectivity index (χ0v) is 12.0. The summed E-state index contributed by atoms with van der Waals surface area (Å²) in [5.41, 5.74) is 7.54. The Morgan fingerprint density at radius 2 is 2.11 bits per heavy atom. The molecule has 0 spiro atoms. The van der Waals surface area contributed by atoms with Crippen molar-refractivity contribution < 1.29 is 14.3 Å². The second kappa shape index (κ2) is 6.99. The summed E-state index contributed by atoms with van der Waals surface area (Å²) < 4.78 is 9.90. The average Bonchev–Trinajstić information content (AvgIpc) is 2.40. The summed E-state index contributed by atoms with van der Waals surface area (Å²) in [6, 6.07) is 5.60. The van der Waals surface area contributed by atoms with E-state index in [2.05, 4.69) is 18.7 Å². The molecule has 0 amide bonds. The number of ether oxygens (including phenoxy) is 2. The highest BCUT2D eigenvalue weighted by molar-refractivity contribution is 5.96. The second-order valence-electron chi connectivity index (χ2n) is 4.35. The average molecular weight is 266 g/mol. The van der Waals surface area contributed by atoms with Gasteiger partial charge in [0.1, 0.15) is 0 Å². The number of nitrogen functional groups attached to an aromatic ring is 1. The molecule has 19 heavy (non-hydrogen) atoms. The van der Waals surface area contributed by atoms with Crippen molar-refractivity contribution in [3.05, 3.63) is 23.8 Å². The SMILES string of the molecule is CCN(c1ccc(N)c(C(=O)OC)c1)C(C)COC. The molecule has 1 unspecified atom stereocenters. The van der Waals surface area contributed by atoms with E-state index in [0.717, 1.165) is 12.2 Å². The van der Waals surface area contributed by atoms with Crippen molar-refractivity contribution in [3.8, 4) is 0 Å². The number of nitrogens with two attached hydrogens (primary N) is 1. The third kappa shape index (κ3) is 3.61. The summed E-state index contributed by atoms with van der Waals surface area (Å²) in [5.74, 6) is -0.421. The van der Waals surface area contributed by atoms with Crippen LogP contribution in [0.1, 0.15) is 24.2 Å². The van der Waals surface area contributed by atoms with Gasteiger partial charge in [-0.15, -0.1) is 0 Å². The summed E-state index contributed by atoms with van der Waals surface area (Å²) in [6.07, 6.45) is 0. The number of rotatable bonds is 6. The predicted molar refractivity (Wildman–Crippen MR) is 76.6 cm³/mol. The maximum absolute atomic E-state index is 11.6. The van der Waals surface area contributed by atoms with Crippen LogP contribution < -0.4 is 10.6 Å². The minimum Gasteiger partial charge on any atom is -0.465 e. The quantitative estimate of drug-likeness (QED) is 0.629. The number of hydrogen-bond acceptors (Lipinski definition) is 5. The van der Waals surface area contributed by atoms with E-state index in [-0.39, 0.29) is 6.04 Å². The molecule has 0 heterocycles. The van der Waals surface area contributed by atoms with Gasteiger partial charge >= 0.3 is 5.97 Å². The van der Waals surface area contributed by atoms with E-state index in [9.17, 15) is 4.79 Å². The van der Waals surface area contributed by atoms with Crippen molar-refractivity contribution >= 4 is 17.3 Å². The van der Waals surface area contributed by atoms with E-state index in [4.69, 9.17) is 15.2 Å². The van der Waals surface area contributed by atoms with Crippen LogP contribution in [-0.4, -0.2) is 39.4 Å². The molecular formula is C14H22N2O3. The standard InChI is InChI=1S/C14H22N2O3/c1-5-16(10(2)9-18-3)11-6-7-13(15)12(8-11)14(17)19-4/h6-8,10H,5,9,15H2,1-4H3. The van der Waals surface area contributed by atoms with Gasteiger partial charge in [-0.05, 0) is 32.0 Å². The number of anilines is 2. The second-order valence-corrected chi connectivity index (χ2v) is 4.35. The number of esters is 1. The summed E-state index contributed by atoms with van der Waals surface area (Å²) in [7, 11) is 3.02. The first-order valence-electron chi connectivity index (χ1n) is 6.28. The molecule has 0 radical (unpaired) electrons. The van der Waals surface area contributed by atoms with Crippen LogP contribution in [0.15, 0.2) is 18.2 Å². The molecule has 0 fully saturated rings. The van der Waals surface area contributed by atoms with Crippen LogP contribution in [0.3, 0.4) is 0 Å². The number of hydrogen-bond donors (Lipinski definition) is 1. The fourth-order valence-electron chi connectivity index (χ4n) is 2.09. The van der Waals surface area contributed by atoms with E-state index in [1.807, 2.05) is 6.07 Å². The van der Waals surface area contributed by atoms with Gasteiger partial charge in [0.2, 0.25) is 0 Å². The minimum atomic E-state index is -0.421. The smallest absolute Gasteiger partial charge is 0.340 e. The monoisotopic (exact) mass is 266 g/mol. The molecule has 1 aromatic carbocycles. The Balaban J connectivity index is 3.08.